The lowest BCUT2D eigenvalue weighted by Gasteiger charge is -2.33. The third kappa shape index (κ3) is 4.10. The summed E-state index contributed by atoms with van der Waals surface area (Å²) in [6, 6.07) is 0.0406. The zero-order valence-corrected chi connectivity index (χ0v) is 10.5. The van der Waals surface area contributed by atoms with Gasteiger partial charge in [-0.2, -0.15) is 0 Å². The second-order valence-electron chi connectivity index (χ2n) is 5.19. The summed E-state index contributed by atoms with van der Waals surface area (Å²) in [7, 11) is 1.59. The minimum Gasteiger partial charge on any atom is -0.383 e. The van der Waals surface area contributed by atoms with Crippen LogP contribution >= 0.6 is 0 Å². The van der Waals surface area contributed by atoms with E-state index in [4.69, 9.17) is 10.5 Å². The van der Waals surface area contributed by atoms with Gasteiger partial charge in [0.05, 0.1) is 6.61 Å². The second kappa shape index (κ2) is 6.21. The number of rotatable bonds is 5. The summed E-state index contributed by atoms with van der Waals surface area (Å²) >= 11 is 0. The van der Waals surface area contributed by atoms with Gasteiger partial charge in [0.15, 0.2) is 0 Å². The first-order chi connectivity index (χ1) is 7.52. The molecular weight excluding hydrogens is 204 g/mol. The summed E-state index contributed by atoms with van der Waals surface area (Å²) in [6.45, 7) is 4.88. The largest absolute Gasteiger partial charge is 0.383 e. The SMILES string of the molecule is COCC(NC1CC(C)CC(C)C1)C(N)=O. The number of nitrogens with two attached hydrogens (primary N) is 1. The number of amides is 1. The highest BCUT2D eigenvalue weighted by atomic mass is 16.5. The first-order valence-electron chi connectivity index (χ1n) is 6.07. The molecule has 0 bridgehead atoms. The molecule has 94 valence electrons. The van der Waals surface area contributed by atoms with Crippen molar-refractivity contribution in [1.82, 2.24) is 5.32 Å². The highest BCUT2D eigenvalue weighted by Gasteiger charge is 2.27. The average Bonchev–Trinajstić information content (AvgIpc) is 2.15. The van der Waals surface area contributed by atoms with Gasteiger partial charge < -0.3 is 15.8 Å². The molecule has 0 radical (unpaired) electrons. The van der Waals surface area contributed by atoms with Crippen molar-refractivity contribution in [1.29, 1.82) is 0 Å². The Bertz CT molecular complexity index is 223. The molecule has 1 amide bonds. The van der Waals surface area contributed by atoms with Crippen LogP contribution in [-0.4, -0.2) is 31.7 Å². The molecule has 3 unspecified atom stereocenters. The quantitative estimate of drug-likeness (QED) is 0.735. The van der Waals surface area contributed by atoms with Crippen LogP contribution in [0.15, 0.2) is 0 Å². The summed E-state index contributed by atoms with van der Waals surface area (Å²) < 4.78 is 5.00. The molecule has 0 aromatic heterocycles. The summed E-state index contributed by atoms with van der Waals surface area (Å²) in [6.07, 6.45) is 3.53. The van der Waals surface area contributed by atoms with E-state index >= 15 is 0 Å². The van der Waals surface area contributed by atoms with Gasteiger partial charge in [-0.1, -0.05) is 13.8 Å². The zero-order chi connectivity index (χ0) is 12.1. The van der Waals surface area contributed by atoms with E-state index in [1.54, 1.807) is 7.11 Å². The molecule has 0 aliphatic heterocycles. The number of methoxy groups -OCH3 is 1. The molecule has 4 nitrogen and oxygen atoms in total. The molecule has 0 aromatic carbocycles. The van der Waals surface area contributed by atoms with Gasteiger partial charge in [-0.3, -0.25) is 4.79 Å². The van der Waals surface area contributed by atoms with Crippen molar-refractivity contribution in [3.63, 3.8) is 0 Å². The standard InChI is InChI=1S/C12H24N2O2/c1-8-4-9(2)6-10(5-8)14-11(7-16-3)12(13)15/h8-11,14H,4-7H2,1-3H3,(H2,13,15). The Morgan fingerprint density at radius 2 is 1.94 bits per heavy atom. The molecule has 0 aromatic rings. The molecule has 1 fully saturated rings. The number of hydrogen-bond acceptors (Lipinski definition) is 3. The third-order valence-electron chi connectivity index (χ3n) is 3.29. The summed E-state index contributed by atoms with van der Waals surface area (Å²) in [5.74, 6) is 1.11. The van der Waals surface area contributed by atoms with E-state index in [2.05, 4.69) is 19.2 Å². The van der Waals surface area contributed by atoms with Gasteiger partial charge in [-0.15, -0.1) is 0 Å². The minimum absolute atomic E-state index is 0.326. The average molecular weight is 228 g/mol. The van der Waals surface area contributed by atoms with Crippen LogP contribution in [0.1, 0.15) is 33.1 Å². The molecule has 3 N–H and O–H groups in total. The number of hydrogen-bond donors (Lipinski definition) is 2. The van der Waals surface area contributed by atoms with E-state index in [1.807, 2.05) is 0 Å². The van der Waals surface area contributed by atoms with Crippen LogP contribution in [0.5, 0.6) is 0 Å². The molecule has 1 saturated carbocycles. The van der Waals surface area contributed by atoms with Crippen molar-refractivity contribution in [3.8, 4) is 0 Å². The second-order valence-corrected chi connectivity index (χ2v) is 5.19. The maximum absolute atomic E-state index is 11.2. The van der Waals surface area contributed by atoms with Gasteiger partial charge in [0.25, 0.3) is 0 Å². The Balaban J connectivity index is 2.47. The zero-order valence-electron chi connectivity index (χ0n) is 10.5. The van der Waals surface area contributed by atoms with E-state index < -0.39 is 0 Å². The van der Waals surface area contributed by atoms with E-state index in [-0.39, 0.29) is 11.9 Å². The van der Waals surface area contributed by atoms with Gasteiger partial charge in [0, 0.05) is 13.2 Å². The Labute approximate surface area is 97.9 Å². The summed E-state index contributed by atoms with van der Waals surface area (Å²) in [5.41, 5.74) is 5.33. The fraction of sp³-hybridized carbons (Fsp3) is 0.917. The van der Waals surface area contributed by atoms with Gasteiger partial charge in [0.2, 0.25) is 5.91 Å². The topological polar surface area (TPSA) is 64.3 Å². The Kier molecular flexibility index (Phi) is 5.22. The van der Waals surface area contributed by atoms with Gasteiger partial charge in [0.1, 0.15) is 6.04 Å². The van der Waals surface area contributed by atoms with E-state index in [9.17, 15) is 4.79 Å². The smallest absolute Gasteiger partial charge is 0.236 e. The van der Waals surface area contributed by atoms with E-state index in [0.717, 1.165) is 24.7 Å². The predicted molar refractivity (Wildman–Crippen MR) is 64.0 cm³/mol. The molecule has 1 aliphatic rings. The molecule has 3 atom stereocenters. The molecule has 0 spiro atoms. The maximum atomic E-state index is 11.2. The van der Waals surface area contributed by atoms with E-state index in [1.165, 1.54) is 6.42 Å². The van der Waals surface area contributed by atoms with Gasteiger partial charge in [-0.25, -0.2) is 0 Å². The Morgan fingerprint density at radius 1 is 1.38 bits per heavy atom. The Hall–Kier alpha value is -0.610. The van der Waals surface area contributed by atoms with Crippen LogP contribution in [-0.2, 0) is 9.53 Å². The lowest BCUT2D eigenvalue weighted by molar-refractivity contribution is -0.121. The predicted octanol–water partition coefficient (Wildman–Crippen LogP) is 0.901. The summed E-state index contributed by atoms with van der Waals surface area (Å²) in [5, 5.41) is 3.32. The van der Waals surface area contributed by atoms with Crippen LogP contribution in [0.25, 0.3) is 0 Å². The molecule has 1 rings (SSSR count). The number of carbonyl (C=O) groups excluding carboxylic acids is 1. The highest BCUT2D eigenvalue weighted by Crippen LogP contribution is 2.28. The molecule has 4 heteroatoms. The van der Waals surface area contributed by atoms with Crippen LogP contribution in [0, 0.1) is 11.8 Å². The van der Waals surface area contributed by atoms with E-state index in [0.29, 0.717) is 12.6 Å². The molecular formula is C12H24N2O2. The lowest BCUT2D eigenvalue weighted by Crippen LogP contribution is -2.50. The molecule has 0 heterocycles. The molecule has 0 saturated heterocycles. The van der Waals surface area contributed by atoms with Crippen molar-refractivity contribution < 1.29 is 9.53 Å². The van der Waals surface area contributed by atoms with Crippen molar-refractivity contribution >= 4 is 5.91 Å². The van der Waals surface area contributed by atoms with Crippen LogP contribution < -0.4 is 11.1 Å². The molecule has 16 heavy (non-hydrogen) atoms. The fourth-order valence-corrected chi connectivity index (χ4v) is 2.75. The summed E-state index contributed by atoms with van der Waals surface area (Å²) in [4.78, 5) is 11.2. The number of carbonyl (C=O) groups is 1. The van der Waals surface area contributed by atoms with Crippen molar-refractivity contribution in [2.24, 2.45) is 17.6 Å². The number of nitrogens with one attached hydrogen (secondary N) is 1. The first-order valence-corrected chi connectivity index (χ1v) is 6.07. The van der Waals surface area contributed by atoms with Crippen molar-refractivity contribution in [2.45, 2.75) is 45.2 Å². The third-order valence-corrected chi connectivity index (χ3v) is 3.29. The lowest BCUT2D eigenvalue weighted by atomic mass is 9.80. The van der Waals surface area contributed by atoms with Crippen LogP contribution in [0.4, 0.5) is 0 Å². The maximum Gasteiger partial charge on any atom is 0.236 e. The minimum atomic E-state index is -0.354. The van der Waals surface area contributed by atoms with Gasteiger partial charge in [-0.05, 0) is 31.1 Å². The molecule has 1 aliphatic carbocycles. The van der Waals surface area contributed by atoms with Crippen LogP contribution in [0.3, 0.4) is 0 Å². The Morgan fingerprint density at radius 3 is 2.38 bits per heavy atom. The van der Waals surface area contributed by atoms with Crippen molar-refractivity contribution in [3.05, 3.63) is 0 Å². The normalized spacial score (nSPS) is 32.3. The highest BCUT2D eigenvalue weighted by molar-refractivity contribution is 5.80. The first kappa shape index (κ1) is 13.5. The fourth-order valence-electron chi connectivity index (χ4n) is 2.75. The number of primary amides is 1. The monoisotopic (exact) mass is 228 g/mol. The van der Waals surface area contributed by atoms with Crippen LogP contribution in [0.2, 0.25) is 0 Å². The van der Waals surface area contributed by atoms with Gasteiger partial charge >= 0.3 is 0 Å². The van der Waals surface area contributed by atoms with Crippen molar-refractivity contribution in [2.75, 3.05) is 13.7 Å². The number of ether oxygens (including phenoxy) is 1.